The van der Waals surface area contributed by atoms with Gasteiger partial charge >= 0.3 is 18.4 Å². The molecule has 38 heavy (non-hydrogen) atoms. The predicted octanol–water partition coefficient (Wildman–Crippen LogP) is 3.35. The first-order valence-corrected chi connectivity index (χ1v) is 11.5. The lowest BCUT2D eigenvalue weighted by atomic mass is 9.87. The molecule has 0 bridgehead atoms. The number of non-ortho nitro benzene ring substituents is 1. The standard InChI is InChI=1S/C24H26F6N4O3.HI/c1-34(2,14-15-11-16(23(25,26)27)13-17(12-15)24(28,29)30)21-6-4-3-5-20(21)32-22(35)31-18-7-9-19(10-8-18)33(36)37;/h7-13,20-21H,3-6,14H2,1-2H3,(H-,31,32,35);1H/t20-,21-;/m0./s1. The van der Waals surface area contributed by atoms with Crippen LogP contribution in [-0.4, -0.2) is 41.6 Å². The molecule has 0 aromatic heterocycles. The van der Waals surface area contributed by atoms with Gasteiger partial charge in [0.25, 0.3) is 5.69 Å². The number of hydrogen-bond acceptors (Lipinski definition) is 3. The predicted molar refractivity (Wildman–Crippen MR) is 124 cm³/mol. The van der Waals surface area contributed by atoms with E-state index in [0.717, 1.165) is 25.0 Å². The number of urea groups is 1. The van der Waals surface area contributed by atoms with Crippen LogP contribution in [0.1, 0.15) is 42.4 Å². The fraction of sp³-hybridized carbons (Fsp3) is 0.458. The van der Waals surface area contributed by atoms with E-state index in [9.17, 15) is 41.3 Å². The van der Waals surface area contributed by atoms with Crippen LogP contribution in [0.4, 0.5) is 42.5 Å². The van der Waals surface area contributed by atoms with Gasteiger partial charge in [0.05, 0.1) is 36.2 Å². The Balaban J connectivity index is 0.00000507. The Bertz CT molecular complexity index is 1110. The molecule has 2 aromatic carbocycles. The van der Waals surface area contributed by atoms with Crippen LogP contribution in [0.25, 0.3) is 0 Å². The summed E-state index contributed by atoms with van der Waals surface area (Å²) in [6.07, 6.45) is -7.08. The number of amides is 2. The number of carbonyl (C=O) groups is 1. The first-order chi connectivity index (χ1) is 17.1. The average Bonchev–Trinajstić information content (AvgIpc) is 2.78. The molecule has 0 unspecified atom stereocenters. The lowest BCUT2D eigenvalue weighted by Crippen LogP contribution is -3.00. The molecule has 1 saturated carbocycles. The van der Waals surface area contributed by atoms with Crippen LogP contribution in [0, 0.1) is 10.1 Å². The van der Waals surface area contributed by atoms with E-state index in [1.165, 1.54) is 24.3 Å². The summed E-state index contributed by atoms with van der Waals surface area (Å²) in [6, 6.07) is 5.58. The molecule has 0 saturated heterocycles. The van der Waals surface area contributed by atoms with Crippen LogP contribution in [-0.2, 0) is 18.9 Å². The van der Waals surface area contributed by atoms with Crippen LogP contribution in [0.15, 0.2) is 42.5 Å². The fourth-order valence-electron chi connectivity index (χ4n) is 4.82. The summed E-state index contributed by atoms with van der Waals surface area (Å²) in [5.74, 6) is 0. The summed E-state index contributed by atoms with van der Waals surface area (Å²) >= 11 is 0. The molecule has 2 aromatic rings. The molecule has 2 N–H and O–H groups in total. The normalized spacial score (nSPS) is 18.3. The van der Waals surface area contributed by atoms with Gasteiger partial charge in [-0.25, -0.2) is 4.79 Å². The third-order valence-corrected chi connectivity index (χ3v) is 6.52. The number of anilines is 1. The molecule has 7 nitrogen and oxygen atoms in total. The molecular formula is C24H27F6IN4O3. The molecule has 14 heteroatoms. The summed E-state index contributed by atoms with van der Waals surface area (Å²) in [7, 11) is 3.43. The zero-order valence-corrected chi connectivity index (χ0v) is 22.7. The Labute approximate surface area is 232 Å². The minimum atomic E-state index is -4.93. The molecular weight excluding hydrogens is 633 g/mol. The summed E-state index contributed by atoms with van der Waals surface area (Å²) in [4.78, 5) is 22.8. The second-order valence-corrected chi connectivity index (χ2v) is 9.71. The van der Waals surface area contributed by atoms with Crippen LogP contribution >= 0.6 is 0 Å². The first kappa shape index (κ1) is 31.6. The zero-order chi connectivity index (χ0) is 27.6. The fourth-order valence-corrected chi connectivity index (χ4v) is 4.82. The average molecular weight is 660 g/mol. The second kappa shape index (κ2) is 12.1. The van der Waals surface area contributed by atoms with Crippen molar-refractivity contribution in [2.45, 2.75) is 56.7 Å². The van der Waals surface area contributed by atoms with E-state index in [1.807, 2.05) is 0 Å². The number of nitro benzene ring substituents is 1. The van der Waals surface area contributed by atoms with Crippen LogP contribution < -0.4 is 34.6 Å². The van der Waals surface area contributed by atoms with E-state index < -0.39 is 40.5 Å². The van der Waals surface area contributed by atoms with Gasteiger partial charge in [0.2, 0.25) is 0 Å². The third-order valence-electron chi connectivity index (χ3n) is 6.52. The van der Waals surface area contributed by atoms with Crippen molar-refractivity contribution in [1.82, 2.24) is 5.32 Å². The van der Waals surface area contributed by atoms with E-state index in [1.54, 1.807) is 14.1 Å². The summed E-state index contributed by atoms with van der Waals surface area (Å²) in [6.45, 7) is -0.111. The third kappa shape index (κ3) is 8.19. The van der Waals surface area contributed by atoms with Crippen molar-refractivity contribution >= 4 is 17.4 Å². The summed E-state index contributed by atoms with van der Waals surface area (Å²) < 4.78 is 79.9. The van der Waals surface area contributed by atoms with E-state index in [2.05, 4.69) is 10.6 Å². The highest BCUT2D eigenvalue weighted by molar-refractivity contribution is 5.89. The second-order valence-electron chi connectivity index (χ2n) is 9.71. The Kier molecular flexibility index (Phi) is 10.0. The van der Waals surface area contributed by atoms with Gasteiger partial charge in [0.1, 0.15) is 12.6 Å². The molecule has 210 valence electrons. The van der Waals surface area contributed by atoms with Gasteiger partial charge in [-0.05, 0) is 43.2 Å². The highest BCUT2D eigenvalue weighted by Crippen LogP contribution is 2.37. The van der Waals surface area contributed by atoms with Gasteiger partial charge in [-0.3, -0.25) is 10.1 Å². The number of hydrogen-bond donors (Lipinski definition) is 2. The molecule has 0 heterocycles. The number of rotatable bonds is 6. The molecule has 1 aliphatic rings. The van der Waals surface area contributed by atoms with E-state index in [4.69, 9.17) is 0 Å². The van der Waals surface area contributed by atoms with Gasteiger partial charge in [0.15, 0.2) is 0 Å². The van der Waals surface area contributed by atoms with Crippen molar-refractivity contribution in [2.24, 2.45) is 0 Å². The minimum absolute atomic E-state index is 0. The quantitative estimate of drug-likeness (QED) is 0.164. The van der Waals surface area contributed by atoms with Crippen molar-refractivity contribution in [2.75, 3.05) is 19.4 Å². The molecule has 0 radical (unpaired) electrons. The molecule has 1 fully saturated rings. The van der Waals surface area contributed by atoms with Crippen molar-refractivity contribution in [3.63, 3.8) is 0 Å². The number of nitrogens with zero attached hydrogens (tertiary/aromatic N) is 2. The number of nitrogens with one attached hydrogen (secondary N) is 2. The van der Waals surface area contributed by atoms with Crippen molar-refractivity contribution in [1.29, 1.82) is 0 Å². The first-order valence-electron chi connectivity index (χ1n) is 11.5. The van der Waals surface area contributed by atoms with Gasteiger partial charge < -0.3 is 39.1 Å². The number of likely N-dealkylation sites (N-methyl/N-ethyl adjacent to an activating group) is 1. The van der Waals surface area contributed by atoms with Crippen LogP contribution in [0.2, 0.25) is 0 Å². The molecule has 1 aliphatic carbocycles. The van der Waals surface area contributed by atoms with Crippen LogP contribution in [0.5, 0.6) is 0 Å². The number of halogens is 7. The van der Waals surface area contributed by atoms with Crippen molar-refractivity contribution in [3.05, 3.63) is 69.3 Å². The smallest absolute Gasteiger partial charge is 0.416 e. The monoisotopic (exact) mass is 660 g/mol. The maximum atomic E-state index is 13.3. The molecule has 0 aliphatic heterocycles. The maximum Gasteiger partial charge on any atom is 0.416 e. The van der Waals surface area contributed by atoms with E-state index in [-0.39, 0.29) is 58.4 Å². The molecule has 2 amide bonds. The summed E-state index contributed by atoms with van der Waals surface area (Å²) in [5, 5.41) is 16.2. The Morgan fingerprint density at radius 3 is 2.00 bits per heavy atom. The topological polar surface area (TPSA) is 84.3 Å². The van der Waals surface area contributed by atoms with E-state index >= 15 is 0 Å². The zero-order valence-electron chi connectivity index (χ0n) is 20.5. The SMILES string of the molecule is C[N+](C)(Cc1cc(C(F)(F)F)cc(C(F)(F)F)c1)[C@H]1CCCC[C@@H]1NC(=O)Nc1ccc([N+](=O)[O-])cc1.[I-]. The number of benzene rings is 2. The summed E-state index contributed by atoms with van der Waals surface area (Å²) in [5.41, 5.74) is -2.64. The Hall–Kier alpha value is -2.62. The number of carbonyl (C=O) groups excluding carboxylic acids is 1. The van der Waals surface area contributed by atoms with Gasteiger partial charge in [-0.1, -0.05) is 6.42 Å². The molecule has 3 rings (SSSR count). The van der Waals surface area contributed by atoms with Gasteiger partial charge in [0, 0.05) is 29.8 Å². The Morgan fingerprint density at radius 2 is 1.50 bits per heavy atom. The van der Waals surface area contributed by atoms with Crippen LogP contribution in [0.3, 0.4) is 0 Å². The van der Waals surface area contributed by atoms with Crippen molar-refractivity contribution in [3.8, 4) is 0 Å². The largest absolute Gasteiger partial charge is 1.00 e. The lowest BCUT2D eigenvalue weighted by Gasteiger charge is -2.44. The number of quaternary nitrogens is 1. The van der Waals surface area contributed by atoms with E-state index in [0.29, 0.717) is 18.5 Å². The highest BCUT2D eigenvalue weighted by Gasteiger charge is 2.41. The van der Waals surface area contributed by atoms with Gasteiger partial charge in [-0.15, -0.1) is 0 Å². The number of alkyl halides is 6. The minimum Gasteiger partial charge on any atom is -1.00 e. The number of nitro groups is 1. The molecule has 0 spiro atoms. The van der Waals surface area contributed by atoms with Crippen molar-refractivity contribution < 1.29 is 64.5 Å². The maximum absolute atomic E-state index is 13.3. The molecule has 2 atom stereocenters. The Morgan fingerprint density at radius 1 is 0.974 bits per heavy atom. The van der Waals surface area contributed by atoms with Gasteiger partial charge in [-0.2, -0.15) is 26.3 Å². The lowest BCUT2D eigenvalue weighted by molar-refractivity contribution is -0.930. The highest BCUT2D eigenvalue weighted by atomic mass is 127.